The summed E-state index contributed by atoms with van der Waals surface area (Å²) in [5.41, 5.74) is 2.26. The maximum Gasteiger partial charge on any atom is 0.0715 e. The molecule has 0 bridgehead atoms. The summed E-state index contributed by atoms with van der Waals surface area (Å²) >= 11 is 0. The second kappa shape index (κ2) is 3.79. The number of nitrogens with zero attached hydrogens (tertiary/aromatic N) is 1. The van der Waals surface area contributed by atoms with Gasteiger partial charge in [-0.05, 0) is 39.7 Å². The first-order chi connectivity index (χ1) is 11.4. The zero-order chi connectivity index (χ0) is 15.0. The van der Waals surface area contributed by atoms with E-state index in [1.165, 1.54) is 48.6 Å². The summed E-state index contributed by atoms with van der Waals surface area (Å²) in [7, 11) is 0. The molecule has 6 aromatic rings. The standard InChI is InChI=1S/C21H12N2/c1-3-13-14-8-6-12-7-9-17-15(4-2-10-22-17)19(12)21(14)16-11-23-18(5-1)20(13)16/h1-11,22H. The molecule has 23 heavy (non-hydrogen) atoms. The highest BCUT2D eigenvalue weighted by Crippen LogP contribution is 2.43. The molecule has 6 rings (SSSR count). The van der Waals surface area contributed by atoms with Crippen molar-refractivity contribution in [1.82, 2.24) is 9.97 Å². The van der Waals surface area contributed by atoms with Gasteiger partial charge in [-0.1, -0.05) is 36.4 Å². The van der Waals surface area contributed by atoms with Crippen LogP contribution in [0.4, 0.5) is 0 Å². The second-order valence-corrected chi connectivity index (χ2v) is 6.15. The minimum absolute atomic E-state index is 1.09. The summed E-state index contributed by atoms with van der Waals surface area (Å²) < 4.78 is 0. The third-order valence-corrected chi connectivity index (χ3v) is 5.03. The van der Waals surface area contributed by atoms with Gasteiger partial charge in [0.25, 0.3) is 0 Å². The van der Waals surface area contributed by atoms with Gasteiger partial charge in [0, 0.05) is 39.5 Å². The van der Waals surface area contributed by atoms with Gasteiger partial charge in [0.05, 0.1) is 5.52 Å². The highest BCUT2D eigenvalue weighted by molar-refractivity contribution is 6.38. The zero-order valence-corrected chi connectivity index (χ0v) is 12.3. The van der Waals surface area contributed by atoms with Gasteiger partial charge < -0.3 is 4.98 Å². The molecule has 0 aliphatic heterocycles. The van der Waals surface area contributed by atoms with Gasteiger partial charge in [0.1, 0.15) is 0 Å². The molecule has 2 heteroatoms. The molecule has 4 aromatic carbocycles. The molecule has 0 saturated heterocycles. The van der Waals surface area contributed by atoms with Crippen LogP contribution in [0.15, 0.2) is 67.0 Å². The number of H-pyrrole nitrogens is 1. The van der Waals surface area contributed by atoms with Crippen molar-refractivity contribution in [3.05, 3.63) is 67.0 Å². The molecule has 106 valence electrons. The van der Waals surface area contributed by atoms with E-state index in [-0.39, 0.29) is 0 Å². The Labute approximate surface area is 131 Å². The Balaban J connectivity index is 2.06. The van der Waals surface area contributed by atoms with E-state index in [0.717, 1.165) is 5.52 Å². The van der Waals surface area contributed by atoms with Crippen LogP contribution in [-0.4, -0.2) is 9.97 Å². The molecule has 0 radical (unpaired) electrons. The van der Waals surface area contributed by atoms with Crippen molar-refractivity contribution in [2.75, 3.05) is 0 Å². The van der Waals surface area contributed by atoms with Crippen LogP contribution in [0.25, 0.3) is 54.1 Å². The quantitative estimate of drug-likeness (QED) is 0.362. The Morgan fingerprint density at radius 3 is 2.52 bits per heavy atom. The average molecular weight is 292 g/mol. The minimum Gasteiger partial charge on any atom is -0.361 e. The number of aromatic amines is 1. The smallest absolute Gasteiger partial charge is 0.0715 e. The predicted octanol–water partition coefficient (Wildman–Crippen LogP) is 5.61. The minimum atomic E-state index is 1.09. The Kier molecular flexibility index (Phi) is 1.89. The lowest BCUT2D eigenvalue weighted by atomic mass is 9.99. The monoisotopic (exact) mass is 292 g/mol. The van der Waals surface area contributed by atoms with E-state index in [1.807, 2.05) is 12.4 Å². The van der Waals surface area contributed by atoms with E-state index < -0.39 is 0 Å². The van der Waals surface area contributed by atoms with Crippen molar-refractivity contribution < 1.29 is 0 Å². The normalized spacial score (nSPS) is 12.3. The third-order valence-electron chi connectivity index (χ3n) is 5.03. The maximum absolute atomic E-state index is 4.61. The molecule has 0 amide bonds. The van der Waals surface area contributed by atoms with Crippen LogP contribution in [0.2, 0.25) is 0 Å². The Bertz CT molecular complexity index is 1350. The number of aromatic nitrogens is 2. The molecular weight excluding hydrogens is 280 g/mol. The van der Waals surface area contributed by atoms with Crippen molar-refractivity contribution >= 4 is 54.1 Å². The van der Waals surface area contributed by atoms with Crippen LogP contribution >= 0.6 is 0 Å². The van der Waals surface area contributed by atoms with Crippen molar-refractivity contribution in [2.24, 2.45) is 0 Å². The van der Waals surface area contributed by atoms with E-state index in [9.17, 15) is 0 Å². The number of nitrogens with one attached hydrogen (secondary N) is 1. The summed E-state index contributed by atoms with van der Waals surface area (Å²) in [6.07, 6.45) is 4.01. The Hall–Kier alpha value is -3.13. The van der Waals surface area contributed by atoms with Crippen molar-refractivity contribution in [1.29, 1.82) is 0 Å². The molecule has 2 heterocycles. The number of pyridine rings is 1. The number of fused-ring (bicyclic) bond motifs is 7. The fraction of sp³-hybridized carbons (Fsp3) is 0. The summed E-state index contributed by atoms with van der Waals surface area (Å²) in [6.45, 7) is 0. The van der Waals surface area contributed by atoms with Gasteiger partial charge in [-0.2, -0.15) is 0 Å². The lowest BCUT2D eigenvalue weighted by molar-refractivity contribution is 1.42. The van der Waals surface area contributed by atoms with Crippen molar-refractivity contribution in [3.63, 3.8) is 0 Å². The summed E-state index contributed by atoms with van der Waals surface area (Å²) in [5.74, 6) is 0. The lowest BCUT2D eigenvalue weighted by Gasteiger charge is -2.06. The van der Waals surface area contributed by atoms with Crippen molar-refractivity contribution in [2.45, 2.75) is 0 Å². The number of hydrogen-bond acceptors (Lipinski definition) is 1. The first-order valence-corrected chi connectivity index (χ1v) is 7.83. The number of hydrogen-bond donors (Lipinski definition) is 1. The molecule has 0 aliphatic carbocycles. The highest BCUT2D eigenvalue weighted by Gasteiger charge is 2.16. The van der Waals surface area contributed by atoms with Gasteiger partial charge in [0.15, 0.2) is 0 Å². The zero-order valence-electron chi connectivity index (χ0n) is 12.3. The maximum atomic E-state index is 4.61. The second-order valence-electron chi connectivity index (χ2n) is 6.15. The van der Waals surface area contributed by atoms with Gasteiger partial charge in [-0.3, -0.25) is 4.98 Å². The molecule has 1 N–H and O–H groups in total. The van der Waals surface area contributed by atoms with Gasteiger partial charge in [0.2, 0.25) is 0 Å². The van der Waals surface area contributed by atoms with Crippen molar-refractivity contribution in [3.8, 4) is 0 Å². The molecular formula is C21H12N2. The van der Waals surface area contributed by atoms with Crippen LogP contribution in [0.1, 0.15) is 0 Å². The molecule has 2 nitrogen and oxygen atoms in total. The van der Waals surface area contributed by atoms with Crippen LogP contribution in [0, 0.1) is 0 Å². The Morgan fingerprint density at radius 2 is 1.52 bits per heavy atom. The van der Waals surface area contributed by atoms with Crippen LogP contribution < -0.4 is 0 Å². The molecule has 0 unspecified atom stereocenters. The van der Waals surface area contributed by atoms with Crippen LogP contribution in [0.3, 0.4) is 0 Å². The molecule has 0 atom stereocenters. The first-order valence-electron chi connectivity index (χ1n) is 7.83. The van der Waals surface area contributed by atoms with Crippen LogP contribution in [0.5, 0.6) is 0 Å². The summed E-state index contributed by atoms with van der Waals surface area (Å²) in [5, 5.41) is 10.4. The lowest BCUT2D eigenvalue weighted by Crippen LogP contribution is -1.81. The van der Waals surface area contributed by atoms with Gasteiger partial charge >= 0.3 is 0 Å². The predicted molar refractivity (Wildman–Crippen MR) is 97.3 cm³/mol. The largest absolute Gasteiger partial charge is 0.361 e. The first kappa shape index (κ1) is 11.4. The summed E-state index contributed by atoms with van der Waals surface area (Å²) in [4.78, 5) is 7.97. The van der Waals surface area contributed by atoms with E-state index in [4.69, 9.17) is 0 Å². The number of rotatable bonds is 0. The van der Waals surface area contributed by atoms with Gasteiger partial charge in [-0.25, -0.2) is 0 Å². The van der Waals surface area contributed by atoms with E-state index in [1.54, 1.807) is 0 Å². The van der Waals surface area contributed by atoms with E-state index >= 15 is 0 Å². The van der Waals surface area contributed by atoms with Crippen LogP contribution in [-0.2, 0) is 0 Å². The average Bonchev–Trinajstić information content (AvgIpc) is 3.18. The van der Waals surface area contributed by atoms with E-state index in [0.29, 0.717) is 0 Å². The molecule has 0 saturated carbocycles. The van der Waals surface area contributed by atoms with Gasteiger partial charge in [-0.15, -0.1) is 0 Å². The molecule has 0 fully saturated rings. The number of benzene rings is 3. The SMILES string of the molecule is c1cc2ncc3c2c(c1)c1ccc2ccc4[nH]cccc4c2c13. The Morgan fingerprint density at radius 1 is 0.652 bits per heavy atom. The molecule has 0 aliphatic rings. The fourth-order valence-corrected chi connectivity index (χ4v) is 4.07. The summed E-state index contributed by atoms with van der Waals surface area (Å²) in [6, 6.07) is 19.5. The third kappa shape index (κ3) is 1.28. The highest BCUT2D eigenvalue weighted by atomic mass is 14.7. The topological polar surface area (TPSA) is 28.7 Å². The fourth-order valence-electron chi connectivity index (χ4n) is 4.07. The molecule has 0 spiro atoms. The van der Waals surface area contributed by atoms with E-state index in [2.05, 4.69) is 64.6 Å². The molecule has 2 aromatic heterocycles.